The summed E-state index contributed by atoms with van der Waals surface area (Å²) in [6.07, 6.45) is 0. The van der Waals surface area contributed by atoms with Crippen molar-refractivity contribution in [2.24, 2.45) is 0 Å². The first-order chi connectivity index (χ1) is 9.83. The maximum atomic E-state index is 5.69. The zero-order valence-corrected chi connectivity index (χ0v) is 11.8. The van der Waals surface area contributed by atoms with E-state index >= 15 is 0 Å². The van der Waals surface area contributed by atoms with Crippen molar-refractivity contribution in [1.29, 1.82) is 0 Å². The third-order valence-electron chi connectivity index (χ3n) is 2.83. The summed E-state index contributed by atoms with van der Waals surface area (Å²) >= 11 is 0. The number of anilines is 1. The van der Waals surface area contributed by atoms with E-state index in [1.54, 1.807) is 14.2 Å². The second kappa shape index (κ2) is 7.28. The van der Waals surface area contributed by atoms with Gasteiger partial charge in [0.25, 0.3) is 0 Å². The van der Waals surface area contributed by atoms with Gasteiger partial charge in [0.2, 0.25) is 0 Å². The molecule has 0 heterocycles. The monoisotopic (exact) mass is 273 g/mol. The highest BCUT2D eigenvalue weighted by Gasteiger charge is 2.01. The smallest absolute Gasteiger partial charge is 0.161 e. The molecule has 0 saturated heterocycles. The maximum absolute atomic E-state index is 5.69. The second-order valence-corrected chi connectivity index (χ2v) is 4.16. The molecule has 0 saturated carbocycles. The Balaban J connectivity index is 1.81. The van der Waals surface area contributed by atoms with Gasteiger partial charge in [-0.25, -0.2) is 0 Å². The quantitative estimate of drug-likeness (QED) is 0.786. The summed E-state index contributed by atoms with van der Waals surface area (Å²) < 4.78 is 16.1. The van der Waals surface area contributed by atoms with Crippen LogP contribution in [0.25, 0.3) is 0 Å². The molecule has 106 valence electrons. The summed E-state index contributed by atoms with van der Waals surface area (Å²) in [4.78, 5) is 0. The van der Waals surface area contributed by atoms with E-state index in [0.717, 1.165) is 22.9 Å². The number of benzene rings is 2. The SMILES string of the molecule is COc1cccc(NCCOc2ccccc2OC)c1. The second-order valence-electron chi connectivity index (χ2n) is 4.16. The van der Waals surface area contributed by atoms with E-state index in [1.807, 2.05) is 48.5 Å². The zero-order chi connectivity index (χ0) is 14.2. The number of para-hydroxylation sites is 2. The van der Waals surface area contributed by atoms with Crippen LogP contribution in [0, 0.1) is 0 Å². The van der Waals surface area contributed by atoms with Crippen molar-refractivity contribution in [3.8, 4) is 17.2 Å². The van der Waals surface area contributed by atoms with Crippen LogP contribution < -0.4 is 19.5 Å². The van der Waals surface area contributed by atoms with Gasteiger partial charge < -0.3 is 19.5 Å². The van der Waals surface area contributed by atoms with Gasteiger partial charge in [-0.2, -0.15) is 0 Å². The molecule has 0 radical (unpaired) electrons. The lowest BCUT2D eigenvalue weighted by Crippen LogP contribution is -2.11. The van der Waals surface area contributed by atoms with Crippen LogP contribution in [0.3, 0.4) is 0 Å². The van der Waals surface area contributed by atoms with Crippen LogP contribution in [0.2, 0.25) is 0 Å². The molecule has 0 spiro atoms. The largest absolute Gasteiger partial charge is 0.497 e. The number of hydrogen-bond donors (Lipinski definition) is 1. The van der Waals surface area contributed by atoms with Gasteiger partial charge in [-0.1, -0.05) is 18.2 Å². The van der Waals surface area contributed by atoms with Crippen LogP contribution in [-0.2, 0) is 0 Å². The van der Waals surface area contributed by atoms with Crippen molar-refractivity contribution >= 4 is 5.69 Å². The molecule has 4 nitrogen and oxygen atoms in total. The highest BCUT2D eigenvalue weighted by Crippen LogP contribution is 2.25. The topological polar surface area (TPSA) is 39.7 Å². The Morgan fingerprint density at radius 3 is 2.45 bits per heavy atom. The minimum atomic E-state index is 0.553. The van der Waals surface area contributed by atoms with Gasteiger partial charge >= 0.3 is 0 Å². The van der Waals surface area contributed by atoms with Crippen LogP contribution in [-0.4, -0.2) is 27.4 Å². The van der Waals surface area contributed by atoms with E-state index in [4.69, 9.17) is 14.2 Å². The Bertz CT molecular complexity index is 543. The van der Waals surface area contributed by atoms with Gasteiger partial charge in [-0.15, -0.1) is 0 Å². The summed E-state index contributed by atoms with van der Waals surface area (Å²) in [6, 6.07) is 15.4. The molecule has 0 atom stereocenters. The number of ether oxygens (including phenoxy) is 3. The summed E-state index contributed by atoms with van der Waals surface area (Å²) in [5.74, 6) is 2.33. The molecule has 2 aromatic carbocycles. The lowest BCUT2D eigenvalue weighted by Gasteiger charge is -2.11. The third-order valence-corrected chi connectivity index (χ3v) is 2.83. The van der Waals surface area contributed by atoms with Gasteiger partial charge in [0.05, 0.1) is 14.2 Å². The Hall–Kier alpha value is -2.36. The van der Waals surface area contributed by atoms with E-state index in [9.17, 15) is 0 Å². The van der Waals surface area contributed by atoms with Gasteiger partial charge in [0.15, 0.2) is 11.5 Å². The first-order valence-electron chi connectivity index (χ1n) is 6.47. The number of nitrogens with one attached hydrogen (secondary N) is 1. The van der Waals surface area contributed by atoms with Crippen LogP contribution in [0.4, 0.5) is 5.69 Å². The molecule has 0 unspecified atom stereocenters. The fraction of sp³-hybridized carbons (Fsp3) is 0.250. The van der Waals surface area contributed by atoms with Gasteiger partial charge in [0.1, 0.15) is 12.4 Å². The highest BCUT2D eigenvalue weighted by molar-refractivity contribution is 5.48. The van der Waals surface area contributed by atoms with Crippen LogP contribution >= 0.6 is 0 Å². The summed E-state index contributed by atoms with van der Waals surface area (Å²) in [6.45, 7) is 1.25. The van der Waals surface area contributed by atoms with E-state index in [0.29, 0.717) is 13.2 Å². The summed E-state index contributed by atoms with van der Waals surface area (Å²) in [5.41, 5.74) is 1.01. The molecule has 20 heavy (non-hydrogen) atoms. The first kappa shape index (κ1) is 14.1. The Kier molecular flexibility index (Phi) is 5.12. The van der Waals surface area contributed by atoms with Crippen LogP contribution in [0.1, 0.15) is 0 Å². The molecule has 0 aromatic heterocycles. The van der Waals surface area contributed by atoms with Crippen molar-refractivity contribution in [2.75, 3.05) is 32.7 Å². The number of methoxy groups -OCH3 is 2. The fourth-order valence-corrected chi connectivity index (χ4v) is 1.83. The fourth-order valence-electron chi connectivity index (χ4n) is 1.83. The Morgan fingerprint density at radius 2 is 1.70 bits per heavy atom. The van der Waals surface area contributed by atoms with Crippen LogP contribution in [0.5, 0.6) is 17.2 Å². The molecule has 0 aliphatic heterocycles. The molecule has 4 heteroatoms. The molecule has 0 bridgehead atoms. The van der Waals surface area contributed by atoms with E-state index in [1.165, 1.54) is 0 Å². The van der Waals surface area contributed by atoms with Gasteiger partial charge in [-0.3, -0.25) is 0 Å². The lowest BCUT2D eigenvalue weighted by molar-refractivity contribution is 0.306. The van der Waals surface area contributed by atoms with E-state index in [2.05, 4.69) is 5.32 Å². The minimum Gasteiger partial charge on any atom is -0.497 e. The van der Waals surface area contributed by atoms with E-state index < -0.39 is 0 Å². The minimum absolute atomic E-state index is 0.553. The Morgan fingerprint density at radius 1 is 0.900 bits per heavy atom. The van der Waals surface area contributed by atoms with Gasteiger partial charge in [-0.05, 0) is 24.3 Å². The highest BCUT2D eigenvalue weighted by atomic mass is 16.5. The van der Waals surface area contributed by atoms with Gasteiger partial charge in [0, 0.05) is 18.3 Å². The van der Waals surface area contributed by atoms with Crippen molar-refractivity contribution in [3.63, 3.8) is 0 Å². The van der Waals surface area contributed by atoms with Crippen molar-refractivity contribution in [3.05, 3.63) is 48.5 Å². The average molecular weight is 273 g/mol. The van der Waals surface area contributed by atoms with Crippen LogP contribution in [0.15, 0.2) is 48.5 Å². The number of hydrogen-bond acceptors (Lipinski definition) is 4. The third kappa shape index (κ3) is 3.82. The van der Waals surface area contributed by atoms with E-state index in [-0.39, 0.29) is 0 Å². The molecule has 0 fully saturated rings. The molecule has 0 aliphatic rings. The van der Waals surface area contributed by atoms with Crippen molar-refractivity contribution < 1.29 is 14.2 Å². The summed E-state index contributed by atoms with van der Waals surface area (Å²) in [7, 11) is 3.29. The first-order valence-corrected chi connectivity index (χ1v) is 6.47. The standard InChI is InChI=1S/C16H19NO3/c1-18-14-7-5-6-13(12-14)17-10-11-20-16-9-4-3-8-15(16)19-2/h3-9,12,17H,10-11H2,1-2H3. The predicted octanol–water partition coefficient (Wildman–Crippen LogP) is 3.19. The number of rotatable bonds is 7. The lowest BCUT2D eigenvalue weighted by atomic mass is 10.3. The molecular weight excluding hydrogens is 254 g/mol. The molecular formula is C16H19NO3. The maximum Gasteiger partial charge on any atom is 0.161 e. The molecule has 2 aromatic rings. The normalized spacial score (nSPS) is 9.90. The Labute approximate surface area is 119 Å². The summed E-state index contributed by atoms with van der Waals surface area (Å²) in [5, 5.41) is 3.28. The average Bonchev–Trinajstić information content (AvgIpc) is 2.52. The molecule has 0 aliphatic carbocycles. The molecule has 0 amide bonds. The van der Waals surface area contributed by atoms with Crippen molar-refractivity contribution in [2.45, 2.75) is 0 Å². The molecule has 2 rings (SSSR count). The van der Waals surface area contributed by atoms with Crippen molar-refractivity contribution in [1.82, 2.24) is 0 Å². The zero-order valence-electron chi connectivity index (χ0n) is 11.8. The predicted molar refractivity (Wildman–Crippen MR) is 80.0 cm³/mol. The molecule has 1 N–H and O–H groups in total.